The van der Waals surface area contributed by atoms with E-state index in [2.05, 4.69) is 31.6 Å². The first-order valence-electron chi connectivity index (χ1n) is 7.63. The first kappa shape index (κ1) is 21.0. The number of hydrogen-bond acceptors (Lipinski definition) is 2. The Labute approximate surface area is 167 Å². The SMILES string of the molecule is FCCCNC(=NCc1ccc(Br)cc1)NCCc1ccco1.I. The van der Waals surface area contributed by atoms with Crippen molar-refractivity contribution in [1.29, 1.82) is 0 Å². The number of furan rings is 1. The highest BCUT2D eigenvalue weighted by molar-refractivity contribution is 14.0. The lowest BCUT2D eigenvalue weighted by molar-refractivity contribution is 0.470. The van der Waals surface area contributed by atoms with Crippen LogP contribution in [0.2, 0.25) is 0 Å². The van der Waals surface area contributed by atoms with Crippen LogP contribution >= 0.6 is 39.9 Å². The number of hydrogen-bond donors (Lipinski definition) is 2. The molecule has 0 aliphatic rings. The highest BCUT2D eigenvalue weighted by atomic mass is 127. The zero-order valence-corrected chi connectivity index (χ0v) is 17.2. The average Bonchev–Trinajstić information content (AvgIpc) is 3.07. The van der Waals surface area contributed by atoms with Crippen molar-refractivity contribution in [2.24, 2.45) is 4.99 Å². The van der Waals surface area contributed by atoms with Gasteiger partial charge >= 0.3 is 0 Å². The topological polar surface area (TPSA) is 49.6 Å². The lowest BCUT2D eigenvalue weighted by Gasteiger charge is -2.11. The summed E-state index contributed by atoms with van der Waals surface area (Å²) in [6, 6.07) is 11.8. The van der Waals surface area contributed by atoms with E-state index in [0.29, 0.717) is 32.0 Å². The van der Waals surface area contributed by atoms with Crippen LogP contribution in [0.25, 0.3) is 0 Å². The van der Waals surface area contributed by atoms with Gasteiger partial charge in [0, 0.05) is 24.0 Å². The van der Waals surface area contributed by atoms with Gasteiger partial charge in [-0.1, -0.05) is 28.1 Å². The van der Waals surface area contributed by atoms with Crippen LogP contribution < -0.4 is 10.6 Å². The maximum atomic E-state index is 12.3. The second kappa shape index (κ2) is 12.3. The third-order valence-electron chi connectivity index (χ3n) is 3.18. The van der Waals surface area contributed by atoms with E-state index < -0.39 is 0 Å². The van der Waals surface area contributed by atoms with Crippen molar-refractivity contribution in [2.75, 3.05) is 19.8 Å². The minimum absolute atomic E-state index is 0. The fourth-order valence-electron chi connectivity index (χ4n) is 1.97. The predicted octanol–water partition coefficient (Wildman–Crippen LogP) is 4.30. The lowest BCUT2D eigenvalue weighted by atomic mass is 10.2. The fourth-order valence-corrected chi connectivity index (χ4v) is 2.23. The molecule has 0 aliphatic carbocycles. The Bertz CT molecular complexity index is 590. The molecule has 1 aromatic heterocycles. The van der Waals surface area contributed by atoms with Gasteiger partial charge in [0.1, 0.15) is 5.76 Å². The van der Waals surface area contributed by atoms with Gasteiger partial charge in [0.15, 0.2) is 5.96 Å². The molecule has 0 radical (unpaired) electrons. The van der Waals surface area contributed by atoms with Crippen LogP contribution in [0.1, 0.15) is 17.7 Å². The molecule has 2 rings (SSSR count). The van der Waals surface area contributed by atoms with Crippen LogP contribution in [0.4, 0.5) is 4.39 Å². The number of nitrogens with zero attached hydrogens (tertiary/aromatic N) is 1. The average molecular weight is 510 g/mol. The summed E-state index contributed by atoms with van der Waals surface area (Å²) < 4.78 is 18.6. The third kappa shape index (κ3) is 8.14. The summed E-state index contributed by atoms with van der Waals surface area (Å²) in [4.78, 5) is 4.54. The predicted molar refractivity (Wildman–Crippen MR) is 110 cm³/mol. The molecule has 0 saturated heterocycles. The normalized spacial score (nSPS) is 11.0. The summed E-state index contributed by atoms with van der Waals surface area (Å²) in [6.45, 7) is 1.50. The van der Waals surface area contributed by atoms with E-state index in [1.807, 2.05) is 36.4 Å². The van der Waals surface area contributed by atoms with Crippen LogP contribution in [0.3, 0.4) is 0 Å². The Hall–Kier alpha value is -1.09. The van der Waals surface area contributed by atoms with E-state index in [1.165, 1.54) is 0 Å². The van der Waals surface area contributed by atoms with Crippen molar-refractivity contribution in [3.8, 4) is 0 Å². The summed E-state index contributed by atoms with van der Waals surface area (Å²) in [5, 5.41) is 6.39. The second-order valence-electron chi connectivity index (χ2n) is 5.02. The molecule has 0 bridgehead atoms. The smallest absolute Gasteiger partial charge is 0.191 e. The van der Waals surface area contributed by atoms with Gasteiger partial charge in [-0.25, -0.2) is 4.99 Å². The Balaban J connectivity index is 0.00000288. The van der Waals surface area contributed by atoms with Crippen molar-refractivity contribution in [2.45, 2.75) is 19.4 Å². The first-order valence-corrected chi connectivity index (χ1v) is 8.42. The van der Waals surface area contributed by atoms with Gasteiger partial charge < -0.3 is 15.1 Å². The molecule has 2 aromatic rings. The van der Waals surface area contributed by atoms with Gasteiger partial charge in [0.25, 0.3) is 0 Å². The van der Waals surface area contributed by atoms with E-state index >= 15 is 0 Å². The maximum Gasteiger partial charge on any atom is 0.191 e. The van der Waals surface area contributed by atoms with Gasteiger partial charge in [-0.2, -0.15) is 0 Å². The molecular formula is C17H22BrFIN3O. The van der Waals surface area contributed by atoms with E-state index in [1.54, 1.807) is 6.26 Å². The van der Waals surface area contributed by atoms with Crippen molar-refractivity contribution in [3.05, 3.63) is 58.5 Å². The number of aliphatic imine (C=N–C) groups is 1. The van der Waals surface area contributed by atoms with Gasteiger partial charge in [-0.3, -0.25) is 4.39 Å². The fraction of sp³-hybridized carbons (Fsp3) is 0.353. The molecule has 24 heavy (non-hydrogen) atoms. The number of benzene rings is 1. The van der Waals surface area contributed by atoms with Crippen LogP contribution in [-0.2, 0) is 13.0 Å². The van der Waals surface area contributed by atoms with Crippen LogP contribution in [-0.4, -0.2) is 25.7 Å². The second-order valence-corrected chi connectivity index (χ2v) is 5.93. The number of halogens is 3. The highest BCUT2D eigenvalue weighted by Crippen LogP contribution is 2.11. The third-order valence-corrected chi connectivity index (χ3v) is 3.71. The van der Waals surface area contributed by atoms with Crippen molar-refractivity contribution in [1.82, 2.24) is 10.6 Å². The molecule has 0 atom stereocenters. The molecule has 1 aromatic carbocycles. The zero-order valence-electron chi connectivity index (χ0n) is 13.3. The van der Waals surface area contributed by atoms with Crippen LogP contribution in [0.15, 0.2) is 56.5 Å². The molecular weight excluding hydrogens is 488 g/mol. The van der Waals surface area contributed by atoms with E-state index in [4.69, 9.17) is 4.42 Å². The van der Waals surface area contributed by atoms with E-state index in [-0.39, 0.29) is 30.7 Å². The molecule has 2 N–H and O–H groups in total. The molecule has 0 saturated carbocycles. The Morgan fingerprint density at radius 2 is 1.88 bits per heavy atom. The van der Waals surface area contributed by atoms with E-state index in [9.17, 15) is 4.39 Å². The van der Waals surface area contributed by atoms with E-state index in [0.717, 1.165) is 22.2 Å². The molecule has 0 spiro atoms. The maximum absolute atomic E-state index is 12.3. The van der Waals surface area contributed by atoms with Gasteiger partial charge in [0.2, 0.25) is 0 Å². The molecule has 7 heteroatoms. The standard InChI is InChI=1S/C17H21BrFN3O.HI/c18-15-6-4-14(5-7-15)13-22-17(20-10-2-9-19)21-11-8-16-3-1-12-23-16;/h1,3-7,12H,2,8-11,13H2,(H2,20,21,22);1H. The minimum atomic E-state index is -0.334. The number of rotatable bonds is 8. The first-order chi connectivity index (χ1) is 11.3. The molecule has 1 heterocycles. The number of nitrogens with one attached hydrogen (secondary N) is 2. The zero-order chi connectivity index (χ0) is 16.3. The number of alkyl halides is 1. The summed E-state index contributed by atoms with van der Waals surface area (Å²) in [6.07, 6.45) is 2.91. The molecule has 4 nitrogen and oxygen atoms in total. The van der Waals surface area contributed by atoms with Gasteiger partial charge in [-0.05, 0) is 36.2 Å². The molecule has 0 fully saturated rings. The molecule has 132 valence electrons. The molecule has 0 aliphatic heterocycles. The number of guanidine groups is 1. The Morgan fingerprint density at radius 3 is 2.54 bits per heavy atom. The lowest BCUT2D eigenvalue weighted by Crippen LogP contribution is -2.39. The van der Waals surface area contributed by atoms with Gasteiger partial charge in [0.05, 0.1) is 19.5 Å². The quantitative estimate of drug-likeness (QED) is 0.241. The monoisotopic (exact) mass is 509 g/mol. The van der Waals surface area contributed by atoms with Crippen molar-refractivity contribution in [3.63, 3.8) is 0 Å². The van der Waals surface area contributed by atoms with Crippen LogP contribution in [0, 0.1) is 0 Å². The summed E-state index contributed by atoms with van der Waals surface area (Å²) in [5.41, 5.74) is 1.12. The van der Waals surface area contributed by atoms with Crippen LogP contribution in [0.5, 0.6) is 0 Å². The largest absolute Gasteiger partial charge is 0.469 e. The van der Waals surface area contributed by atoms with Crippen molar-refractivity contribution < 1.29 is 8.81 Å². The van der Waals surface area contributed by atoms with Crippen molar-refractivity contribution >= 4 is 45.9 Å². The summed E-state index contributed by atoms with van der Waals surface area (Å²) in [7, 11) is 0. The Morgan fingerprint density at radius 1 is 1.12 bits per heavy atom. The molecule has 0 unspecified atom stereocenters. The minimum Gasteiger partial charge on any atom is -0.469 e. The Kier molecular flexibility index (Phi) is 10.7. The summed E-state index contributed by atoms with van der Waals surface area (Å²) in [5.74, 6) is 1.61. The van der Waals surface area contributed by atoms with Gasteiger partial charge in [-0.15, -0.1) is 24.0 Å². The molecule has 0 amide bonds. The highest BCUT2D eigenvalue weighted by Gasteiger charge is 2.01. The summed E-state index contributed by atoms with van der Waals surface area (Å²) >= 11 is 3.42.